The fraction of sp³-hybridized carbons (Fsp3) is 0.533. The van der Waals surface area contributed by atoms with Gasteiger partial charge in [0.15, 0.2) is 0 Å². The Hall–Kier alpha value is -1.35. The number of nitrogens with one attached hydrogen (secondary N) is 1. The average Bonchev–Trinajstić information content (AvgIpc) is 2.36. The smallest absolute Gasteiger partial charge is 0.230 e. The lowest BCUT2D eigenvalue weighted by atomic mass is 9.83. The molecule has 2 N–H and O–H groups in total. The normalized spacial score (nSPS) is 13.4. The Bertz CT molecular complexity index is 385. The van der Waals surface area contributed by atoms with Crippen LogP contribution in [0.1, 0.15) is 33.3 Å². The maximum absolute atomic E-state index is 12.3. The van der Waals surface area contributed by atoms with Gasteiger partial charge in [0.25, 0.3) is 0 Å². The van der Waals surface area contributed by atoms with Crippen LogP contribution < -0.4 is 5.32 Å². The zero-order valence-corrected chi connectivity index (χ0v) is 11.6. The van der Waals surface area contributed by atoms with Crippen LogP contribution in [0, 0.1) is 5.92 Å². The van der Waals surface area contributed by atoms with Crippen molar-refractivity contribution < 1.29 is 9.90 Å². The molecule has 1 aromatic carbocycles. The Morgan fingerprint density at radius 3 is 2.28 bits per heavy atom. The first-order valence-corrected chi connectivity index (χ1v) is 6.37. The van der Waals surface area contributed by atoms with Gasteiger partial charge in [0.2, 0.25) is 5.91 Å². The minimum atomic E-state index is -0.594. The lowest BCUT2D eigenvalue weighted by Crippen LogP contribution is -2.48. The number of hydrogen-bond donors (Lipinski definition) is 2. The van der Waals surface area contributed by atoms with E-state index < -0.39 is 5.41 Å². The summed E-state index contributed by atoms with van der Waals surface area (Å²) < 4.78 is 0. The van der Waals surface area contributed by atoms with E-state index in [0.717, 1.165) is 5.56 Å². The maximum Gasteiger partial charge on any atom is 0.230 e. The van der Waals surface area contributed by atoms with Crippen LogP contribution >= 0.6 is 0 Å². The fourth-order valence-electron chi connectivity index (χ4n) is 1.76. The highest BCUT2D eigenvalue weighted by molar-refractivity contribution is 5.87. The zero-order chi connectivity index (χ0) is 13.8. The van der Waals surface area contributed by atoms with Crippen molar-refractivity contribution in [1.29, 1.82) is 0 Å². The Balaban J connectivity index is 2.83. The van der Waals surface area contributed by atoms with E-state index in [1.807, 2.05) is 58.0 Å². The van der Waals surface area contributed by atoms with Gasteiger partial charge in [-0.3, -0.25) is 4.79 Å². The number of carbonyl (C=O) groups excluding carboxylic acids is 1. The summed E-state index contributed by atoms with van der Waals surface area (Å²) in [6.45, 7) is 7.72. The van der Waals surface area contributed by atoms with Gasteiger partial charge in [-0.2, -0.15) is 0 Å². The van der Waals surface area contributed by atoms with Crippen LogP contribution in [0.2, 0.25) is 0 Å². The highest BCUT2D eigenvalue weighted by Gasteiger charge is 2.31. The molecule has 0 saturated carbocycles. The van der Waals surface area contributed by atoms with E-state index in [-0.39, 0.29) is 24.5 Å². The van der Waals surface area contributed by atoms with Gasteiger partial charge >= 0.3 is 0 Å². The van der Waals surface area contributed by atoms with Gasteiger partial charge in [-0.1, -0.05) is 44.2 Å². The number of aliphatic hydroxyl groups excluding tert-OH is 1. The van der Waals surface area contributed by atoms with Crippen molar-refractivity contribution in [1.82, 2.24) is 5.32 Å². The highest BCUT2D eigenvalue weighted by atomic mass is 16.3. The molecule has 1 rings (SSSR count). The number of hydrogen-bond acceptors (Lipinski definition) is 2. The summed E-state index contributed by atoms with van der Waals surface area (Å²) in [6.07, 6.45) is 0. The monoisotopic (exact) mass is 249 g/mol. The van der Waals surface area contributed by atoms with Crippen molar-refractivity contribution in [2.75, 3.05) is 6.61 Å². The third-order valence-electron chi connectivity index (χ3n) is 3.38. The Kier molecular flexibility index (Phi) is 4.91. The first-order chi connectivity index (χ1) is 8.39. The van der Waals surface area contributed by atoms with Gasteiger partial charge in [-0.15, -0.1) is 0 Å². The lowest BCUT2D eigenvalue weighted by Gasteiger charge is -2.28. The van der Waals surface area contributed by atoms with Gasteiger partial charge < -0.3 is 10.4 Å². The molecule has 0 saturated heterocycles. The average molecular weight is 249 g/mol. The molecule has 0 aliphatic heterocycles. The molecule has 0 spiro atoms. The fourth-order valence-corrected chi connectivity index (χ4v) is 1.76. The molecular weight excluding hydrogens is 226 g/mol. The molecule has 18 heavy (non-hydrogen) atoms. The molecule has 1 amide bonds. The molecule has 0 unspecified atom stereocenters. The first-order valence-electron chi connectivity index (χ1n) is 6.37. The van der Waals surface area contributed by atoms with Gasteiger partial charge in [0, 0.05) is 0 Å². The summed E-state index contributed by atoms with van der Waals surface area (Å²) in [5, 5.41) is 12.2. The maximum atomic E-state index is 12.3. The van der Waals surface area contributed by atoms with Crippen LogP contribution in [0.3, 0.4) is 0 Å². The second-order valence-corrected chi connectivity index (χ2v) is 5.50. The van der Waals surface area contributed by atoms with Crippen LogP contribution in [0.5, 0.6) is 0 Å². The van der Waals surface area contributed by atoms with E-state index in [1.54, 1.807) is 0 Å². The van der Waals surface area contributed by atoms with Gasteiger partial charge in [0.1, 0.15) is 0 Å². The summed E-state index contributed by atoms with van der Waals surface area (Å²) in [5.41, 5.74) is 0.381. The molecule has 100 valence electrons. The third-order valence-corrected chi connectivity index (χ3v) is 3.38. The molecule has 0 heterocycles. The van der Waals surface area contributed by atoms with Crippen molar-refractivity contribution in [3.63, 3.8) is 0 Å². The van der Waals surface area contributed by atoms with E-state index in [2.05, 4.69) is 5.32 Å². The lowest BCUT2D eigenvalue weighted by molar-refractivity contribution is -0.127. The largest absolute Gasteiger partial charge is 0.394 e. The number of amides is 1. The van der Waals surface area contributed by atoms with Crippen LogP contribution in [-0.4, -0.2) is 23.7 Å². The van der Waals surface area contributed by atoms with Crippen LogP contribution in [0.15, 0.2) is 30.3 Å². The molecule has 0 aliphatic rings. The molecular formula is C15H23NO2. The summed E-state index contributed by atoms with van der Waals surface area (Å²) in [5.74, 6) is 0.159. The van der Waals surface area contributed by atoms with Crippen molar-refractivity contribution in [3.8, 4) is 0 Å². The predicted molar refractivity (Wildman–Crippen MR) is 73.3 cm³/mol. The minimum Gasteiger partial charge on any atom is -0.394 e. The topological polar surface area (TPSA) is 49.3 Å². The quantitative estimate of drug-likeness (QED) is 0.839. The zero-order valence-electron chi connectivity index (χ0n) is 11.6. The summed E-state index contributed by atoms with van der Waals surface area (Å²) in [4.78, 5) is 12.3. The van der Waals surface area contributed by atoms with E-state index in [4.69, 9.17) is 0 Å². The summed E-state index contributed by atoms with van der Waals surface area (Å²) >= 11 is 0. The third kappa shape index (κ3) is 3.33. The van der Waals surface area contributed by atoms with Crippen LogP contribution in [0.25, 0.3) is 0 Å². The highest BCUT2D eigenvalue weighted by Crippen LogP contribution is 2.23. The first kappa shape index (κ1) is 14.7. The molecule has 0 fully saturated rings. The number of benzene rings is 1. The molecule has 0 radical (unpaired) electrons. The standard InChI is InChI=1S/C15H23NO2/c1-11(2)13(10-17)16-14(18)15(3,4)12-8-6-5-7-9-12/h5-9,11,13,17H,10H2,1-4H3,(H,16,18)/t13-/m1/s1. The summed E-state index contributed by atoms with van der Waals surface area (Å²) in [6, 6.07) is 9.49. The molecule has 3 nitrogen and oxygen atoms in total. The van der Waals surface area contributed by atoms with Crippen molar-refractivity contribution in [2.24, 2.45) is 5.92 Å². The molecule has 0 aliphatic carbocycles. The van der Waals surface area contributed by atoms with Crippen LogP contribution in [0.4, 0.5) is 0 Å². The van der Waals surface area contributed by atoms with E-state index in [1.165, 1.54) is 0 Å². The molecule has 0 bridgehead atoms. The number of rotatable bonds is 5. The number of carbonyl (C=O) groups is 1. The molecule has 0 aromatic heterocycles. The van der Waals surface area contributed by atoms with Gasteiger partial charge in [-0.05, 0) is 25.3 Å². The molecule has 3 heteroatoms. The Labute approximate surface area is 109 Å². The summed E-state index contributed by atoms with van der Waals surface area (Å²) in [7, 11) is 0. The van der Waals surface area contributed by atoms with E-state index >= 15 is 0 Å². The van der Waals surface area contributed by atoms with Crippen molar-refractivity contribution in [2.45, 2.75) is 39.2 Å². The van der Waals surface area contributed by atoms with Gasteiger partial charge in [-0.25, -0.2) is 0 Å². The Morgan fingerprint density at radius 2 is 1.83 bits per heavy atom. The SMILES string of the molecule is CC(C)[C@@H](CO)NC(=O)C(C)(C)c1ccccc1. The van der Waals surface area contributed by atoms with Crippen molar-refractivity contribution >= 4 is 5.91 Å². The second kappa shape index (κ2) is 6.01. The minimum absolute atomic E-state index is 0.0335. The second-order valence-electron chi connectivity index (χ2n) is 5.50. The van der Waals surface area contributed by atoms with Crippen molar-refractivity contribution in [3.05, 3.63) is 35.9 Å². The number of aliphatic hydroxyl groups is 1. The van der Waals surface area contributed by atoms with Crippen LogP contribution in [-0.2, 0) is 10.2 Å². The predicted octanol–water partition coefficient (Wildman–Crippen LogP) is 2.10. The van der Waals surface area contributed by atoms with E-state index in [0.29, 0.717) is 0 Å². The molecule has 1 atom stereocenters. The Morgan fingerprint density at radius 1 is 1.28 bits per heavy atom. The molecule has 1 aromatic rings. The van der Waals surface area contributed by atoms with E-state index in [9.17, 15) is 9.90 Å². The van der Waals surface area contributed by atoms with Gasteiger partial charge in [0.05, 0.1) is 18.1 Å².